The van der Waals surface area contributed by atoms with Gasteiger partial charge in [0.05, 0.1) is 11.3 Å². The standard InChI is InChI=1S/C28H27N7O2.C2H6/c1-3-31-28(37)27-33-32-26(35(27)19-9-10-24-18(14-19)11-12-34(24)2)21-15-20(23(30)16-25(21)36)22(29)13-17-7-5-4-6-8-17;1-2/h4-12,14-16,29,36H,3,13,30H2,1-2H3,(H,31,37);1-2H3. The zero-order valence-corrected chi connectivity index (χ0v) is 22.6. The largest absolute Gasteiger partial charge is 0.507 e. The Hall–Kier alpha value is -4.92. The number of nitrogens with two attached hydrogens (primary N) is 1. The third kappa shape index (κ3) is 5.38. The summed E-state index contributed by atoms with van der Waals surface area (Å²) in [5.41, 5.74) is 10.3. The number of phenolic OH excluding ortho intramolecular Hbond substituents is 1. The van der Waals surface area contributed by atoms with Crippen LogP contribution < -0.4 is 11.1 Å². The van der Waals surface area contributed by atoms with Crippen molar-refractivity contribution in [1.29, 1.82) is 5.41 Å². The van der Waals surface area contributed by atoms with Gasteiger partial charge in [0, 0.05) is 60.1 Å². The van der Waals surface area contributed by atoms with Crippen LogP contribution in [0.15, 0.2) is 72.9 Å². The number of nitrogens with one attached hydrogen (secondary N) is 2. The second-order valence-electron chi connectivity index (χ2n) is 8.81. The Morgan fingerprint density at radius 3 is 2.51 bits per heavy atom. The highest BCUT2D eigenvalue weighted by atomic mass is 16.3. The summed E-state index contributed by atoms with van der Waals surface area (Å²) in [5, 5.41) is 31.8. The van der Waals surface area contributed by atoms with E-state index >= 15 is 0 Å². The molecular formula is C30H33N7O2. The number of aromatic nitrogens is 4. The lowest BCUT2D eigenvalue weighted by Gasteiger charge is -2.14. The van der Waals surface area contributed by atoms with Gasteiger partial charge in [0.25, 0.3) is 5.91 Å². The number of hydrogen-bond donors (Lipinski definition) is 4. The minimum absolute atomic E-state index is 0.0873. The van der Waals surface area contributed by atoms with Crippen LogP contribution in [0.25, 0.3) is 28.0 Å². The van der Waals surface area contributed by atoms with Gasteiger partial charge in [0.15, 0.2) is 5.82 Å². The van der Waals surface area contributed by atoms with Crippen molar-refractivity contribution in [1.82, 2.24) is 24.6 Å². The average Bonchev–Trinajstić information content (AvgIpc) is 3.54. The molecule has 0 unspecified atom stereocenters. The SMILES string of the molecule is CC.CCNC(=O)c1nnc(-c2cc(C(=N)Cc3ccccc3)c(N)cc2O)n1-c1ccc2c(ccn2C)c1. The first-order valence-corrected chi connectivity index (χ1v) is 12.9. The van der Waals surface area contributed by atoms with Crippen molar-refractivity contribution < 1.29 is 9.90 Å². The number of carbonyl (C=O) groups excluding carboxylic acids is 1. The fourth-order valence-electron chi connectivity index (χ4n) is 4.44. The van der Waals surface area contributed by atoms with Crippen molar-refractivity contribution in [3.63, 3.8) is 0 Å². The first-order valence-electron chi connectivity index (χ1n) is 12.9. The molecule has 9 heteroatoms. The second-order valence-corrected chi connectivity index (χ2v) is 8.81. The Labute approximate surface area is 227 Å². The number of hydrogen-bond acceptors (Lipinski definition) is 6. The number of aromatic hydroxyl groups is 1. The molecule has 5 aromatic rings. The summed E-state index contributed by atoms with van der Waals surface area (Å²) in [6, 6.07) is 20.5. The molecule has 0 radical (unpaired) electrons. The van der Waals surface area contributed by atoms with Gasteiger partial charge in [-0.1, -0.05) is 44.2 Å². The Balaban J connectivity index is 0.00000172. The first-order chi connectivity index (χ1) is 18.9. The maximum atomic E-state index is 12.9. The number of rotatable bonds is 7. The van der Waals surface area contributed by atoms with Gasteiger partial charge < -0.3 is 26.1 Å². The molecular weight excluding hydrogens is 490 g/mol. The number of anilines is 1. The molecule has 0 saturated carbocycles. The topological polar surface area (TPSA) is 135 Å². The van der Waals surface area contributed by atoms with Gasteiger partial charge in [-0.05, 0) is 42.8 Å². The zero-order valence-electron chi connectivity index (χ0n) is 22.6. The third-order valence-corrected chi connectivity index (χ3v) is 6.29. The van der Waals surface area contributed by atoms with Crippen LogP contribution in [-0.2, 0) is 13.5 Å². The second kappa shape index (κ2) is 11.6. The molecule has 200 valence electrons. The van der Waals surface area contributed by atoms with E-state index < -0.39 is 0 Å². The molecule has 39 heavy (non-hydrogen) atoms. The van der Waals surface area contributed by atoms with Crippen LogP contribution in [0.3, 0.4) is 0 Å². The number of fused-ring (bicyclic) bond motifs is 1. The van der Waals surface area contributed by atoms with Crippen molar-refractivity contribution in [2.75, 3.05) is 12.3 Å². The summed E-state index contributed by atoms with van der Waals surface area (Å²) >= 11 is 0. The Kier molecular flexibility index (Phi) is 8.10. The minimum Gasteiger partial charge on any atom is -0.507 e. The van der Waals surface area contributed by atoms with E-state index in [0.717, 1.165) is 16.5 Å². The third-order valence-electron chi connectivity index (χ3n) is 6.29. The number of nitrogens with zero attached hydrogens (tertiary/aromatic N) is 4. The van der Waals surface area contributed by atoms with E-state index in [1.54, 1.807) is 10.6 Å². The first kappa shape index (κ1) is 27.1. The molecule has 1 amide bonds. The van der Waals surface area contributed by atoms with Crippen molar-refractivity contribution in [3.8, 4) is 22.8 Å². The summed E-state index contributed by atoms with van der Waals surface area (Å²) in [5.74, 6) is -0.154. The molecule has 3 aromatic carbocycles. The minimum atomic E-state index is -0.388. The molecule has 0 fully saturated rings. The smallest absolute Gasteiger partial charge is 0.289 e. The highest BCUT2D eigenvalue weighted by molar-refractivity contribution is 6.05. The Morgan fingerprint density at radius 1 is 1.05 bits per heavy atom. The predicted molar refractivity (Wildman–Crippen MR) is 156 cm³/mol. The van der Waals surface area contributed by atoms with Crippen LogP contribution in [0, 0.1) is 5.41 Å². The molecule has 5 N–H and O–H groups in total. The highest BCUT2D eigenvalue weighted by Gasteiger charge is 2.24. The highest BCUT2D eigenvalue weighted by Crippen LogP contribution is 2.35. The number of nitrogen functional groups attached to an aromatic ring is 1. The van der Waals surface area contributed by atoms with E-state index in [-0.39, 0.29) is 29.0 Å². The molecule has 0 bridgehead atoms. The van der Waals surface area contributed by atoms with Gasteiger partial charge in [-0.2, -0.15) is 0 Å². The fourth-order valence-corrected chi connectivity index (χ4v) is 4.44. The van der Waals surface area contributed by atoms with Crippen LogP contribution >= 0.6 is 0 Å². The molecule has 5 rings (SSSR count). The molecule has 0 aliphatic heterocycles. The monoisotopic (exact) mass is 523 g/mol. The zero-order chi connectivity index (χ0) is 28.1. The predicted octanol–water partition coefficient (Wildman–Crippen LogP) is 5.10. The number of benzene rings is 3. The van der Waals surface area contributed by atoms with E-state index in [9.17, 15) is 9.90 Å². The molecule has 0 saturated heterocycles. The normalized spacial score (nSPS) is 10.7. The fraction of sp³-hybridized carbons (Fsp3) is 0.200. The molecule has 2 heterocycles. The van der Waals surface area contributed by atoms with Crippen LogP contribution in [-0.4, -0.2) is 42.6 Å². The molecule has 9 nitrogen and oxygen atoms in total. The maximum absolute atomic E-state index is 12.9. The lowest BCUT2D eigenvalue weighted by Crippen LogP contribution is -2.26. The number of phenols is 1. The van der Waals surface area contributed by atoms with Crippen LogP contribution in [0.4, 0.5) is 5.69 Å². The molecule has 2 aromatic heterocycles. The quantitative estimate of drug-likeness (QED) is 0.174. The van der Waals surface area contributed by atoms with Gasteiger partial charge in [-0.3, -0.25) is 9.36 Å². The van der Waals surface area contributed by atoms with E-state index in [4.69, 9.17) is 11.1 Å². The lowest BCUT2D eigenvalue weighted by atomic mass is 9.98. The van der Waals surface area contributed by atoms with Crippen LogP contribution in [0.1, 0.15) is 42.5 Å². The van der Waals surface area contributed by atoms with Gasteiger partial charge in [0.2, 0.25) is 5.82 Å². The Bertz CT molecular complexity index is 1630. The summed E-state index contributed by atoms with van der Waals surface area (Å²) in [7, 11) is 1.96. The Morgan fingerprint density at radius 2 is 1.79 bits per heavy atom. The van der Waals surface area contributed by atoms with Crippen molar-refractivity contribution >= 4 is 28.2 Å². The maximum Gasteiger partial charge on any atom is 0.289 e. The van der Waals surface area contributed by atoms with Crippen molar-refractivity contribution in [2.24, 2.45) is 7.05 Å². The molecule has 0 aliphatic carbocycles. The van der Waals surface area contributed by atoms with Gasteiger partial charge in [0.1, 0.15) is 5.75 Å². The van der Waals surface area contributed by atoms with Gasteiger partial charge >= 0.3 is 0 Å². The van der Waals surface area contributed by atoms with E-state index in [1.807, 2.05) is 93.2 Å². The summed E-state index contributed by atoms with van der Waals surface area (Å²) in [6.07, 6.45) is 2.33. The molecule has 0 spiro atoms. The summed E-state index contributed by atoms with van der Waals surface area (Å²) < 4.78 is 3.63. The lowest BCUT2D eigenvalue weighted by molar-refractivity contribution is 0.0943. The summed E-state index contributed by atoms with van der Waals surface area (Å²) in [4.78, 5) is 12.9. The van der Waals surface area contributed by atoms with Gasteiger partial charge in [-0.25, -0.2) is 0 Å². The molecule has 0 aliphatic rings. The van der Waals surface area contributed by atoms with E-state index in [0.29, 0.717) is 35.5 Å². The number of carbonyl (C=O) groups is 1. The molecule has 0 atom stereocenters. The van der Waals surface area contributed by atoms with E-state index in [2.05, 4.69) is 15.5 Å². The van der Waals surface area contributed by atoms with Crippen LogP contribution in [0.2, 0.25) is 0 Å². The number of amides is 1. The van der Waals surface area contributed by atoms with Crippen molar-refractivity contribution in [2.45, 2.75) is 27.2 Å². The van der Waals surface area contributed by atoms with E-state index in [1.165, 1.54) is 6.07 Å². The number of aryl methyl sites for hydroxylation is 1. The van der Waals surface area contributed by atoms with Gasteiger partial charge in [-0.15, -0.1) is 10.2 Å². The van der Waals surface area contributed by atoms with Crippen LogP contribution in [0.5, 0.6) is 5.75 Å². The average molecular weight is 524 g/mol. The van der Waals surface area contributed by atoms with Crippen molar-refractivity contribution in [3.05, 3.63) is 89.9 Å². The summed E-state index contributed by atoms with van der Waals surface area (Å²) in [6.45, 7) is 6.25.